The van der Waals surface area contributed by atoms with Gasteiger partial charge in [-0.3, -0.25) is 4.68 Å². The Balaban J connectivity index is 1.58. The van der Waals surface area contributed by atoms with Crippen LogP contribution in [-0.2, 0) is 0 Å². The molecule has 1 heterocycles. The quantitative estimate of drug-likeness (QED) is 0.755. The number of benzene rings is 1. The summed E-state index contributed by atoms with van der Waals surface area (Å²) in [7, 11) is 0. The van der Waals surface area contributed by atoms with Crippen molar-refractivity contribution in [2.75, 3.05) is 10.6 Å². The van der Waals surface area contributed by atoms with Crippen LogP contribution in [0.1, 0.15) is 25.8 Å². The number of rotatable bonds is 4. The van der Waals surface area contributed by atoms with Crippen molar-refractivity contribution in [3.63, 3.8) is 0 Å². The first-order valence-corrected chi connectivity index (χ1v) is 7.03. The van der Waals surface area contributed by atoms with Gasteiger partial charge in [-0.2, -0.15) is 5.10 Å². The van der Waals surface area contributed by atoms with Crippen molar-refractivity contribution in [3.05, 3.63) is 36.7 Å². The van der Waals surface area contributed by atoms with E-state index in [1.54, 1.807) is 18.3 Å². The highest BCUT2D eigenvalue weighted by molar-refractivity contribution is 5.99. The van der Waals surface area contributed by atoms with Crippen molar-refractivity contribution >= 4 is 17.4 Å². The normalized spacial score (nSPS) is 15.5. The standard InChI is InChI=1S/C15H18N4O2/c1-10(11-2-3-11)19-9-13(8-16-19)18-15(21)17-12-4-6-14(20)7-5-12/h4-11,20H,2-3H2,1H3,(H2,17,18,21). The Hall–Kier alpha value is -2.50. The minimum absolute atomic E-state index is 0.163. The molecular weight excluding hydrogens is 268 g/mol. The van der Waals surface area contributed by atoms with Gasteiger partial charge >= 0.3 is 6.03 Å². The number of anilines is 2. The van der Waals surface area contributed by atoms with Crippen LogP contribution >= 0.6 is 0 Å². The number of aromatic nitrogens is 2. The highest BCUT2D eigenvalue weighted by Gasteiger charge is 2.29. The van der Waals surface area contributed by atoms with Gasteiger partial charge in [0, 0.05) is 11.9 Å². The molecule has 1 aromatic carbocycles. The predicted molar refractivity (Wildman–Crippen MR) is 80.4 cm³/mol. The van der Waals surface area contributed by atoms with Crippen LogP contribution in [0.4, 0.5) is 16.2 Å². The molecule has 2 aromatic rings. The van der Waals surface area contributed by atoms with E-state index in [1.807, 2.05) is 10.9 Å². The number of phenols is 1. The zero-order valence-electron chi connectivity index (χ0n) is 11.8. The fourth-order valence-electron chi connectivity index (χ4n) is 2.26. The lowest BCUT2D eigenvalue weighted by Crippen LogP contribution is -2.19. The second kappa shape index (κ2) is 5.47. The van der Waals surface area contributed by atoms with Crippen LogP contribution in [0.15, 0.2) is 36.7 Å². The van der Waals surface area contributed by atoms with Crippen molar-refractivity contribution < 1.29 is 9.90 Å². The van der Waals surface area contributed by atoms with Crippen molar-refractivity contribution in [3.8, 4) is 5.75 Å². The largest absolute Gasteiger partial charge is 0.508 e. The maximum absolute atomic E-state index is 11.9. The second-order valence-corrected chi connectivity index (χ2v) is 5.41. The third kappa shape index (κ3) is 3.34. The topological polar surface area (TPSA) is 79.2 Å². The molecule has 0 bridgehead atoms. The molecule has 1 aliphatic carbocycles. The lowest BCUT2D eigenvalue weighted by Gasteiger charge is -2.09. The number of nitrogens with zero attached hydrogens (tertiary/aromatic N) is 2. The molecule has 110 valence electrons. The summed E-state index contributed by atoms with van der Waals surface area (Å²) in [4.78, 5) is 11.9. The van der Waals surface area contributed by atoms with Gasteiger partial charge in [0.05, 0.1) is 17.9 Å². The van der Waals surface area contributed by atoms with E-state index in [4.69, 9.17) is 0 Å². The molecule has 1 unspecified atom stereocenters. The van der Waals surface area contributed by atoms with Gasteiger partial charge in [-0.25, -0.2) is 4.79 Å². The van der Waals surface area contributed by atoms with E-state index >= 15 is 0 Å². The highest BCUT2D eigenvalue weighted by atomic mass is 16.3. The molecule has 0 spiro atoms. The summed E-state index contributed by atoms with van der Waals surface area (Å²) >= 11 is 0. The van der Waals surface area contributed by atoms with Crippen LogP contribution in [0.3, 0.4) is 0 Å². The predicted octanol–water partition coefficient (Wildman–Crippen LogP) is 3.20. The number of hydrogen-bond donors (Lipinski definition) is 3. The lowest BCUT2D eigenvalue weighted by molar-refractivity contribution is 0.262. The molecule has 1 aliphatic rings. The molecule has 2 amide bonds. The van der Waals surface area contributed by atoms with E-state index in [1.165, 1.54) is 25.0 Å². The zero-order chi connectivity index (χ0) is 14.8. The maximum Gasteiger partial charge on any atom is 0.323 e. The number of amides is 2. The van der Waals surface area contributed by atoms with E-state index in [0.29, 0.717) is 23.3 Å². The first-order valence-electron chi connectivity index (χ1n) is 7.03. The maximum atomic E-state index is 11.9. The molecule has 1 saturated carbocycles. The van der Waals surface area contributed by atoms with Crippen LogP contribution in [0.5, 0.6) is 5.75 Å². The van der Waals surface area contributed by atoms with Crippen molar-refractivity contribution in [2.45, 2.75) is 25.8 Å². The average molecular weight is 286 g/mol. The fourth-order valence-corrected chi connectivity index (χ4v) is 2.26. The Morgan fingerprint density at radius 1 is 1.29 bits per heavy atom. The Labute approximate surface area is 122 Å². The molecule has 0 aliphatic heterocycles. The first-order chi connectivity index (χ1) is 10.1. The SMILES string of the molecule is CC(C1CC1)n1cc(NC(=O)Nc2ccc(O)cc2)cn1. The van der Waals surface area contributed by atoms with Crippen molar-refractivity contribution in [1.82, 2.24) is 9.78 Å². The van der Waals surface area contributed by atoms with Gasteiger partial charge in [0.15, 0.2) is 0 Å². The van der Waals surface area contributed by atoms with Crippen LogP contribution in [0, 0.1) is 5.92 Å². The lowest BCUT2D eigenvalue weighted by atomic mass is 10.2. The third-order valence-corrected chi connectivity index (χ3v) is 3.71. The Morgan fingerprint density at radius 2 is 1.95 bits per heavy atom. The Bertz CT molecular complexity index is 631. The number of nitrogens with one attached hydrogen (secondary N) is 2. The number of phenolic OH excluding ortho intramolecular Hbond substituents is 1. The molecule has 3 rings (SSSR count). The van der Waals surface area contributed by atoms with Crippen LogP contribution in [0.2, 0.25) is 0 Å². The monoisotopic (exact) mass is 286 g/mol. The van der Waals surface area contributed by atoms with Gasteiger partial charge in [-0.1, -0.05) is 0 Å². The number of hydrogen-bond acceptors (Lipinski definition) is 3. The van der Waals surface area contributed by atoms with Gasteiger partial charge in [-0.05, 0) is 49.9 Å². The molecule has 21 heavy (non-hydrogen) atoms. The van der Waals surface area contributed by atoms with Gasteiger partial charge < -0.3 is 15.7 Å². The number of urea groups is 1. The summed E-state index contributed by atoms with van der Waals surface area (Å²) in [6.07, 6.45) is 6.00. The minimum atomic E-state index is -0.334. The smallest absolute Gasteiger partial charge is 0.323 e. The van der Waals surface area contributed by atoms with Gasteiger partial charge in [0.1, 0.15) is 5.75 Å². The van der Waals surface area contributed by atoms with Crippen LogP contribution < -0.4 is 10.6 Å². The highest BCUT2D eigenvalue weighted by Crippen LogP contribution is 2.39. The van der Waals surface area contributed by atoms with E-state index in [2.05, 4.69) is 22.7 Å². The fraction of sp³-hybridized carbons (Fsp3) is 0.333. The van der Waals surface area contributed by atoms with E-state index < -0.39 is 0 Å². The molecule has 0 radical (unpaired) electrons. The molecule has 1 fully saturated rings. The summed E-state index contributed by atoms with van der Waals surface area (Å²) in [6, 6.07) is 6.34. The average Bonchev–Trinajstić information content (AvgIpc) is 3.21. The van der Waals surface area contributed by atoms with E-state index in [-0.39, 0.29) is 11.8 Å². The van der Waals surface area contributed by atoms with Gasteiger partial charge in [-0.15, -0.1) is 0 Å². The molecular formula is C15H18N4O2. The zero-order valence-corrected chi connectivity index (χ0v) is 11.8. The van der Waals surface area contributed by atoms with Crippen LogP contribution in [0.25, 0.3) is 0 Å². The van der Waals surface area contributed by atoms with E-state index in [9.17, 15) is 9.90 Å². The molecule has 1 atom stereocenters. The van der Waals surface area contributed by atoms with Gasteiger partial charge in [0.2, 0.25) is 0 Å². The molecule has 0 saturated heterocycles. The summed E-state index contributed by atoms with van der Waals surface area (Å²) < 4.78 is 1.90. The first kappa shape index (κ1) is 13.5. The number of aromatic hydroxyl groups is 1. The second-order valence-electron chi connectivity index (χ2n) is 5.41. The molecule has 6 nitrogen and oxygen atoms in total. The summed E-state index contributed by atoms with van der Waals surface area (Å²) in [6.45, 7) is 2.14. The Morgan fingerprint density at radius 3 is 2.62 bits per heavy atom. The third-order valence-electron chi connectivity index (χ3n) is 3.71. The summed E-state index contributed by atoms with van der Waals surface area (Å²) in [5.74, 6) is 0.875. The summed E-state index contributed by atoms with van der Waals surface area (Å²) in [5, 5.41) is 18.9. The molecule has 1 aromatic heterocycles. The number of carbonyl (C=O) groups is 1. The summed E-state index contributed by atoms with van der Waals surface area (Å²) in [5.41, 5.74) is 1.28. The van der Waals surface area contributed by atoms with Crippen molar-refractivity contribution in [1.29, 1.82) is 0 Å². The van der Waals surface area contributed by atoms with Crippen molar-refractivity contribution in [2.24, 2.45) is 5.92 Å². The van der Waals surface area contributed by atoms with E-state index in [0.717, 1.165) is 0 Å². The molecule has 3 N–H and O–H groups in total. The number of carbonyl (C=O) groups excluding carboxylic acids is 1. The van der Waals surface area contributed by atoms with Crippen LogP contribution in [-0.4, -0.2) is 20.9 Å². The van der Waals surface area contributed by atoms with Gasteiger partial charge in [0.25, 0.3) is 0 Å². The minimum Gasteiger partial charge on any atom is -0.508 e. The molecule has 6 heteroatoms. The Kier molecular flexibility index (Phi) is 3.51.